The van der Waals surface area contributed by atoms with Crippen LogP contribution in [0.3, 0.4) is 0 Å². The maximum absolute atomic E-state index is 14.8. The highest BCUT2D eigenvalue weighted by Gasteiger charge is 2.27. The molecule has 0 bridgehead atoms. The summed E-state index contributed by atoms with van der Waals surface area (Å²) in [6.07, 6.45) is 1.66. The normalized spacial score (nSPS) is 17.1. The van der Waals surface area contributed by atoms with Gasteiger partial charge in [0.25, 0.3) is 5.56 Å². The molecular formula is C24H28FN7O2. The molecule has 4 N–H and O–H groups in total. The molecule has 0 saturated heterocycles. The van der Waals surface area contributed by atoms with E-state index < -0.39 is 11.9 Å². The van der Waals surface area contributed by atoms with Gasteiger partial charge in [0.15, 0.2) is 12.1 Å². The number of halogens is 1. The van der Waals surface area contributed by atoms with Gasteiger partial charge in [0.05, 0.1) is 11.4 Å². The van der Waals surface area contributed by atoms with Gasteiger partial charge in [-0.2, -0.15) is 0 Å². The van der Waals surface area contributed by atoms with Gasteiger partial charge in [0.1, 0.15) is 22.8 Å². The molecule has 1 unspecified atom stereocenters. The fraction of sp³-hybridized carbons (Fsp3) is 0.375. The first-order valence-electron chi connectivity index (χ1n) is 11.4. The van der Waals surface area contributed by atoms with E-state index in [1.807, 2.05) is 13.0 Å². The molecule has 0 fully saturated rings. The molecule has 2 aliphatic heterocycles. The minimum atomic E-state index is -1.14. The lowest BCUT2D eigenvalue weighted by Gasteiger charge is -2.25. The summed E-state index contributed by atoms with van der Waals surface area (Å²) >= 11 is 0. The number of benzene rings is 1. The molecule has 0 saturated carbocycles. The highest BCUT2D eigenvalue weighted by molar-refractivity contribution is 5.89. The van der Waals surface area contributed by atoms with E-state index in [4.69, 9.17) is 0 Å². The van der Waals surface area contributed by atoms with E-state index in [9.17, 15) is 14.3 Å². The lowest BCUT2D eigenvalue weighted by atomic mass is 10.00. The SMILES string of the molecule is CCn1c(=O)c2c(n1-c1cccc(C(C)(C)O)n1)NC(Nc1cc3c(cc1F)CNCC3)N=C2. The van der Waals surface area contributed by atoms with Crippen molar-refractivity contribution in [2.45, 2.75) is 52.2 Å². The molecule has 0 aliphatic carbocycles. The molecule has 10 heteroatoms. The fourth-order valence-corrected chi connectivity index (χ4v) is 4.38. The summed E-state index contributed by atoms with van der Waals surface area (Å²) in [6, 6.07) is 8.68. The predicted molar refractivity (Wildman–Crippen MR) is 129 cm³/mol. The molecule has 178 valence electrons. The number of aliphatic imine (C=N–C) groups is 1. The van der Waals surface area contributed by atoms with Gasteiger partial charge in [0, 0.05) is 19.3 Å². The van der Waals surface area contributed by atoms with Gasteiger partial charge >= 0.3 is 0 Å². The molecular weight excluding hydrogens is 437 g/mol. The van der Waals surface area contributed by atoms with Crippen LogP contribution in [0, 0.1) is 5.82 Å². The maximum Gasteiger partial charge on any atom is 0.278 e. The van der Waals surface area contributed by atoms with E-state index in [1.165, 1.54) is 6.21 Å². The quantitative estimate of drug-likeness (QED) is 0.461. The smallest absolute Gasteiger partial charge is 0.278 e. The Bertz CT molecular complexity index is 1340. The zero-order valence-corrected chi connectivity index (χ0v) is 19.4. The van der Waals surface area contributed by atoms with Crippen LogP contribution in [0.25, 0.3) is 5.82 Å². The third-order valence-electron chi connectivity index (χ3n) is 6.15. The molecule has 34 heavy (non-hydrogen) atoms. The second-order valence-corrected chi connectivity index (χ2v) is 9.03. The van der Waals surface area contributed by atoms with Gasteiger partial charge < -0.3 is 21.1 Å². The standard InChI is InChI=1S/C24H28FN7O2/c1-4-31-22(33)16-13-27-23(28-18-11-14-8-9-26-12-15(14)10-17(18)25)30-21(16)32(31)20-7-5-6-19(29-20)24(2,3)34/h5-7,10-11,13,23,26,28,30,34H,4,8-9,12H2,1-3H3. The van der Waals surface area contributed by atoms with Crippen LogP contribution in [0.15, 0.2) is 40.1 Å². The first-order chi connectivity index (χ1) is 16.3. The minimum absolute atomic E-state index is 0.213. The Morgan fingerprint density at radius 1 is 1.29 bits per heavy atom. The molecule has 1 atom stereocenters. The summed E-state index contributed by atoms with van der Waals surface area (Å²) in [4.78, 5) is 22.1. The summed E-state index contributed by atoms with van der Waals surface area (Å²) in [7, 11) is 0. The van der Waals surface area contributed by atoms with Gasteiger partial charge in [0.2, 0.25) is 0 Å². The monoisotopic (exact) mass is 465 g/mol. The number of fused-ring (bicyclic) bond motifs is 2. The zero-order chi connectivity index (χ0) is 24.0. The molecule has 0 amide bonds. The number of pyridine rings is 1. The topological polar surface area (TPSA) is 108 Å². The van der Waals surface area contributed by atoms with E-state index in [2.05, 4.69) is 25.9 Å². The Kier molecular flexibility index (Phi) is 5.49. The van der Waals surface area contributed by atoms with Crippen molar-refractivity contribution in [2.24, 2.45) is 4.99 Å². The van der Waals surface area contributed by atoms with Crippen molar-refractivity contribution in [3.8, 4) is 5.82 Å². The maximum atomic E-state index is 14.8. The number of aliphatic hydroxyl groups is 1. The number of hydrogen-bond donors (Lipinski definition) is 4. The Morgan fingerprint density at radius 2 is 2.12 bits per heavy atom. The van der Waals surface area contributed by atoms with Crippen LogP contribution in [0.1, 0.15) is 43.2 Å². The van der Waals surface area contributed by atoms with E-state index in [0.29, 0.717) is 41.7 Å². The number of rotatable bonds is 5. The molecule has 5 rings (SSSR count). The van der Waals surface area contributed by atoms with Crippen LogP contribution in [0.4, 0.5) is 15.9 Å². The van der Waals surface area contributed by atoms with E-state index in [0.717, 1.165) is 24.1 Å². The van der Waals surface area contributed by atoms with Crippen molar-refractivity contribution in [3.63, 3.8) is 0 Å². The van der Waals surface area contributed by atoms with Gasteiger partial charge in [-0.25, -0.2) is 23.7 Å². The predicted octanol–water partition coefficient (Wildman–Crippen LogP) is 2.31. The van der Waals surface area contributed by atoms with Crippen LogP contribution in [-0.4, -0.2) is 38.5 Å². The fourth-order valence-electron chi connectivity index (χ4n) is 4.38. The highest BCUT2D eigenvalue weighted by Crippen LogP contribution is 2.27. The molecule has 0 spiro atoms. The first kappa shape index (κ1) is 22.3. The highest BCUT2D eigenvalue weighted by atomic mass is 19.1. The van der Waals surface area contributed by atoms with Crippen LogP contribution in [-0.2, 0) is 25.1 Å². The average molecular weight is 466 g/mol. The van der Waals surface area contributed by atoms with Gasteiger partial charge in [-0.15, -0.1) is 0 Å². The van der Waals surface area contributed by atoms with E-state index in [1.54, 1.807) is 47.5 Å². The Balaban J connectivity index is 1.51. The Labute approximate surface area is 196 Å². The van der Waals surface area contributed by atoms with Crippen molar-refractivity contribution in [3.05, 3.63) is 68.9 Å². The van der Waals surface area contributed by atoms with Crippen LogP contribution < -0.4 is 21.5 Å². The van der Waals surface area contributed by atoms with Gasteiger partial charge in [-0.05, 0) is 69.1 Å². The molecule has 3 aromatic rings. The summed E-state index contributed by atoms with van der Waals surface area (Å²) < 4.78 is 18.0. The number of aromatic nitrogens is 3. The summed E-state index contributed by atoms with van der Waals surface area (Å²) in [5.41, 5.74) is 1.94. The minimum Gasteiger partial charge on any atom is -0.384 e. The summed E-state index contributed by atoms with van der Waals surface area (Å²) in [5.74, 6) is 0.629. The lowest BCUT2D eigenvalue weighted by molar-refractivity contribution is 0.0738. The van der Waals surface area contributed by atoms with Gasteiger partial charge in [-0.1, -0.05) is 6.07 Å². The van der Waals surface area contributed by atoms with Crippen molar-refractivity contribution in [2.75, 3.05) is 17.2 Å². The van der Waals surface area contributed by atoms with E-state index >= 15 is 0 Å². The second-order valence-electron chi connectivity index (χ2n) is 9.03. The third-order valence-corrected chi connectivity index (χ3v) is 6.15. The number of hydrogen-bond acceptors (Lipinski definition) is 7. The largest absolute Gasteiger partial charge is 0.384 e. The number of nitrogens with zero attached hydrogens (tertiary/aromatic N) is 4. The molecule has 2 aliphatic rings. The van der Waals surface area contributed by atoms with E-state index in [-0.39, 0.29) is 11.4 Å². The first-order valence-corrected chi connectivity index (χ1v) is 11.4. The molecule has 9 nitrogen and oxygen atoms in total. The molecule has 2 aromatic heterocycles. The lowest BCUT2D eigenvalue weighted by Crippen LogP contribution is -2.32. The van der Waals surface area contributed by atoms with Crippen LogP contribution in [0.2, 0.25) is 0 Å². The van der Waals surface area contributed by atoms with Crippen molar-refractivity contribution >= 4 is 17.7 Å². The summed E-state index contributed by atoms with van der Waals surface area (Å²) in [6.45, 7) is 7.10. The van der Waals surface area contributed by atoms with Gasteiger partial charge in [-0.3, -0.25) is 4.79 Å². The Hall–Kier alpha value is -3.50. The molecule has 1 aromatic carbocycles. The van der Waals surface area contributed by atoms with Crippen LogP contribution in [0.5, 0.6) is 0 Å². The van der Waals surface area contributed by atoms with Crippen LogP contribution >= 0.6 is 0 Å². The Morgan fingerprint density at radius 3 is 2.88 bits per heavy atom. The number of nitrogens with one attached hydrogen (secondary N) is 3. The van der Waals surface area contributed by atoms with Crippen molar-refractivity contribution in [1.29, 1.82) is 0 Å². The van der Waals surface area contributed by atoms with Crippen molar-refractivity contribution < 1.29 is 9.50 Å². The molecule has 4 heterocycles. The average Bonchev–Trinajstić information content (AvgIpc) is 3.10. The third kappa shape index (κ3) is 3.88. The summed E-state index contributed by atoms with van der Waals surface area (Å²) in [5, 5.41) is 20.0. The van der Waals surface area contributed by atoms with Crippen molar-refractivity contribution in [1.82, 2.24) is 19.7 Å². The second kappa shape index (κ2) is 8.37. The number of anilines is 2. The zero-order valence-electron chi connectivity index (χ0n) is 19.4. The molecule has 0 radical (unpaired) electrons.